The smallest absolute Gasteiger partial charge is 0.322 e. The summed E-state index contributed by atoms with van der Waals surface area (Å²) in [6.45, 7) is 0.622. The van der Waals surface area contributed by atoms with E-state index in [-0.39, 0.29) is 18.5 Å². The molecule has 1 aliphatic rings. The number of para-hydroxylation sites is 1. The van der Waals surface area contributed by atoms with Crippen LogP contribution >= 0.6 is 0 Å². The molecule has 0 radical (unpaired) electrons. The molecule has 1 unspecified atom stereocenters. The minimum atomic E-state index is -0.857. The lowest BCUT2D eigenvalue weighted by atomic mass is 10.00. The van der Waals surface area contributed by atoms with Gasteiger partial charge in [-0.15, -0.1) is 0 Å². The second-order valence-corrected chi connectivity index (χ2v) is 4.74. The second kappa shape index (κ2) is 6.22. The molecule has 1 fully saturated rings. The van der Waals surface area contributed by atoms with Crippen LogP contribution in [0.3, 0.4) is 0 Å². The third-order valence-electron chi connectivity index (χ3n) is 3.32. The highest BCUT2D eigenvalue weighted by molar-refractivity contribution is 5.89. The van der Waals surface area contributed by atoms with E-state index in [9.17, 15) is 9.59 Å². The van der Waals surface area contributed by atoms with Crippen LogP contribution < -0.4 is 5.32 Å². The van der Waals surface area contributed by atoms with Crippen molar-refractivity contribution in [2.45, 2.75) is 31.7 Å². The number of carbonyl (C=O) groups excluding carboxylic acids is 1. The minimum Gasteiger partial charge on any atom is -0.481 e. The number of hydrogen-bond donors (Lipinski definition) is 2. The van der Waals surface area contributed by atoms with Gasteiger partial charge in [0.1, 0.15) is 0 Å². The number of nitrogens with one attached hydrogen (secondary N) is 1. The number of carboxylic acids is 1. The molecule has 102 valence electrons. The van der Waals surface area contributed by atoms with Gasteiger partial charge in [-0.05, 0) is 31.4 Å². The SMILES string of the molecule is O=C(O)CC1CCCCN1C(=O)Nc1ccccc1. The molecule has 0 saturated carbocycles. The molecule has 0 bridgehead atoms. The van der Waals surface area contributed by atoms with Crippen molar-refractivity contribution in [2.24, 2.45) is 0 Å². The predicted molar refractivity (Wildman–Crippen MR) is 72.1 cm³/mol. The summed E-state index contributed by atoms with van der Waals surface area (Å²) >= 11 is 0. The molecule has 2 amide bonds. The molecular formula is C14H18N2O3. The van der Waals surface area contributed by atoms with E-state index in [0.29, 0.717) is 6.54 Å². The van der Waals surface area contributed by atoms with E-state index in [2.05, 4.69) is 5.32 Å². The van der Waals surface area contributed by atoms with Gasteiger partial charge in [0.25, 0.3) is 0 Å². The highest BCUT2D eigenvalue weighted by Gasteiger charge is 2.28. The third-order valence-corrected chi connectivity index (χ3v) is 3.32. The fourth-order valence-corrected chi connectivity index (χ4v) is 2.40. The first-order chi connectivity index (χ1) is 9.16. The van der Waals surface area contributed by atoms with E-state index in [1.54, 1.807) is 4.90 Å². The van der Waals surface area contributed by atoms with Gasteiger partial charge < -0.3 is 15.3 Å². The Labute approximate surface area is 112 Å². The van der Waals surface area contributed by atoms with Crippen molar-refractivity contribution in [2.75, 3.05) is 11.9 Å². The third kappa shape index (κ3) is 3.71. The van der Waals surface area contributed by atoms with Crippen LogP contribution in [0.15, 0.2) is 30.3 Å². The Balaban J connectivity index is 2.01. The molecule has 1 saturated heterocycles. The van der Waals surface area contributed by atoms with Gasteiger partial charge in [0.15, 0.2) is 0 Å². The van der Waals surface area contributed by atoms with E-state index in [0.717, 1.165) is 24.9 Å². The van der Waals surface area contributed by atoms with Crippen LogP contribution in [-0.4, -0.2) is 34.6 Å². The number of urea groups is 1. The lowest BCUT2D eigenvalue weighted by Gasteiger charge is -2.34. The standard InChI is InChI=1S/C14H18N2O3/c17-13(18)10-12-8-4-5-9-16(12)14(19)15-11-6-2-1-3-7-11/h1-3,6-7,12H,4-5,8-10H2,(H,15,19)(H,17,18). The summed E-state index contributed by atoms with van der Waals surface area (Å²) < 4.78 is 0. The van der Waals surface area contributed by atoms with Crippen molar-refractivity contribution in [1.29, 1.82) is 0 Å². The zero-order chi connectivity index (χ0) is 13.7. The number of nitrogens with zero attached hydrogens (tertiary/aromatic N) is 1. The quantitative estimate of drug-likeness (QED) is 0.879. The van der Waals surface area contributed by atoms with Crippen LogP contribution in [-0.2, 0) is 4.79 Å². The molecule has 0 spiro atoms. The van der Waals surface area contributed by atoms with Crippen LogP contribution in [0.2, 0.25) is 0 Å². The van der Waals surface area contributed by atoms with Gasteiger partial charge in [0.05, 0.1) is 6.42 Å². The number of benzene rings is 1. The largest absolute Gasteiger partial charge is 0.481 e. The van der Waals surface area contributed by atoms with E-state index >= 15 is 0 Å². The molecule has 1 aromatic rings. The van der Waals surface area contributed by atoms with Crippen LogP contribution in [0.5, 0.6) is 0 Å². The number of amides is 2. The van der Waals surface area contributed by atoms with Gasteiger partial charge in [0.2, 0.25) is 0 Å². The summed E-state index contributed by atoms with van der Waals surface area (Å²) in [4.78, 5) is 24.7. The van der Waals surface area contributed by atoms with Crippen molar-refractivity contribution in [3.8, 4) is 0 Å². The normalized spacial score (nSPS) is 18.9. The Hall–Kier alpha value is -2.04. The molecule has 1 aromatic carbocycles. The molecule has 5 nitrogen and oxygen atoms in total. The lowest BCUT2D eigenvalue weighted by Crippen LogP contribution is -2.46. The predicted octanol–water partition coefficient (Wildman–Crippen LogP) is 2.55. The minimum absolute atomic E-state index is 0.0161. The number of piperidine rings is 1. The summed E-state index contributed by atoms with van der Waals surface area (Å²) in [5.41, 5.74) is 0.729. The molecular weight excluding hydrogens is 244 g/mol. The number of anilines is 1. The van der Waals surface area contributed by atoms with Crippen molar-refractivity contribution in [1.82, 2.24) is 4.90 Å². The van der Waals surface area contributed by atoms with Gasteiger partial charge in [0, 0.05) is 18.3 Å². The summed E-state index contributed by atoms with van der Waals surface area (Å²) in [6, 6.07) is 8.79. The molecule has 1 heterocycles. The molecule has 0 aromatic heterocycles. The number of hydrogen-bond acceptors (Lipinski definition) is 2. The first-order valence-electron chi connectivity index (χ1n) is 6.51. The summed E-state index contributed by atoms with van der Waals surface area (Å²) in [6.07, 6.45) is 2.68. The maximum absolute atomic E-state index is 12.2. The Morgan fingerprint density at radius 3 is 2.68 bits per heavy atom. The highest BCUT2D eigenvalue weighted by Crippen LogP contribution is 2.21. The Kier molecular flexibility index (Phi) is 4.39. The second-order valence-electron chi connectivity index (χ2n) is 4.74. The topological polar surface area (TPSA) is 69.6 Å². The van der Waals surface area contributed by atoms with E-state index in [1.807, 2.05) is 30.3 Å². The fourth-order valence-electron chi connectivity index (χ4n) is 2.40. The fraction of sp³-hybridized carbons (Fsp3) is 0.429. The van der Waals surface area contributed by atoms with Crippen molar-refractivity contribution >= 4 is 17.7 Å². The maximum atomic E-state index is 12.2. The molecule has 1 atom stereocenters. The number of likely N-dealkylation sites (tertiary alicyclic amines) is 1. The van der Waals surface area contributed by atoms with Gasteiger partial charge in [-0.25, -0.2) is 4.79 Å². The number of carboxylic acid groups (broad SMARTS) is 1. The van der Waals surface area contributed by atoms with E-state index in [4.69, 9.17) is 5.11 Å². The van der Waals surface area contributed by atoms with E-state index < -0.39 is 5.97 Å². The molecule has 2 N–H and O–H groups in total. The van der Waals surface area contributed by atoms with E-state index in [1.165, 1.54) is 0 Å². The van der Waals surface area contributed by atoms with Crippen molar-refractivity contribution < 1.29 is 14.7 Å². The molecule has 2 rings (SSSR count). The Bertz CT molecular complexity index is 447. The number of carbonyl (C=O) groups is 2. The Morgan fingerprint density at radius 1 is 1.26 bits per heavy atom. The van der Waals surface area contributed by atoms with Crippen LogP contribution in [0, 0.1) is 0 Å². The van der Waals surface area contributed by atoms with Gasteiger partial charge >= 0.3 is 12.0 Å². The monoisotopic (exact) mass is 262 g/mol. The zero-order valence-electron chi connectivity index (χ0n) is 10.7. The molecule has 1 aliphatic heterocycles. The number of rotatable bonds is 3. The lowest BCUT2D eigenvalue weighted by molar-refractivity contribution is -0.138. The van der Waals surface area contributed by atoms with Crippen LogP contribution in [0.1, 0.15) is 25.7 Å². The van der Waals surface area contributed by atoms with Crippen LogP contribution in [0.4, 0.5) is 10.5 Å². The first kappa shape index (κ1) is 13.4. The zero-order valence-corrected chi connectivity index (χ0v) is 10.7. The maximum Gasteiger partial charge on any atom is 0.322 e. The van der Waals surface area contributed by atoms with Gasteiger partial charge in [-0.3, -0.25) is 4.79 Å². The number of aliphatic carboxylic acids is 1. The Morgan fingerprint density at radius 2 is 2.00 bits per heavy atom. The average molecular weight is 262 g/mol. The average Bonchev–Trinajstić information content (AvgIpc) is 2.39. The summed E-state index contributed by atoms with van der Waals surface area (Å²) in [7, 11) is 0. The first-order valence-corrected chi connectivity index (χ1v) is 6.51. The molecule has 5 heteroatoms. The van der Waals surface area contributed by atoms with Crippen molar-refractivity contribution in [3.05, 3.63) is 30.3 Å². The van der Waals surface area contributed by atoms with Gasteiger partial charge in [-0.1, -0.05) is 18.2 Å². The summed E-state index contributed by atoms with van der Waals surface area (Å²) in [5, 5.41) is 11.7. The van der Waals surface area contributed by atoms with Gasteiger partial charge in [-0.2, -0.15) is 0 Å². The summed E-state index contributed by atoms with van der Waals surface area (Å²) in [5.74, 6) is -0.857. The highest BCUT2D eigenvalue weighted by atomic mass is 16.4. The van der Waals surface area contributed by atoms with Crippen molar-refractivity contribution in [3.63, 3.8) is 0 Å². The van der Waals surface area contributed by atoms with Crippen LogP contribution in [0.25, 0.3) is 0 Å². The molecule has 0 aliphatic carbocycles. The molecule has 19 heavy (non-hydrogen) atoms.